The zero-order chi connectivity index (χ0) is 15.9. The molecule has 0 saturated carbocycles. The maximum absolute atomic E-state index is 12.1. The van der Waals surface area contributed by atoms with Crippen molar-refractivity contribution in [2.45, 2.75) is 52.6 Å². The third-order valence-corrected chi connectivity index (χ3v) is 2.69. The van der Waals surface area contributed by atoms with E-state index in [2.05, 4.69) is 5.32 Å². The first-order valence-electron chi connectivity index (χ1n) is 6.66. The fourth-order valence-corrected chi connectivity index (χ4v) is 1.68. The summed E-state index contributed by atoms with van der Waals surface area (Å²) < 4.78 is 0. The van der Waals surface area contributed by atoms with Gasteiger partial charge in [-0.15, -0.1) is 0 Å². The summed E-state index contributed by atoms with van der Waals surface area (Å²) in [6, 6.07) is -1.73. The van der Waals surface area contributed by atoms with Crippen molar-refractivity contribution in [3.05, 3.63) is 0 Å². The molecule has 7 nitrogen and oxygen atoms in total. The van der Waals surface area contributed by atoms with Gasteiger partial charge in [0.15, 0.2) is 0 Å². The molecule has 20 heavy (non-hydrogen) atoms. The van der Waals surface area contributed by atoms with Crippen LogP contribution in [0.5, 0.6) is 0 Å². The van der Waals surface area contributed by atoms with Gasteiger partial charge in [-0.3, -0.25) is 4.79 Å². The summed E-state index contributed by atoms with van der Waals surface area (Å²) in [4.78, 5) is 35.1. The van der Waals surface area contributed by atoms with Gasteiger partial charge in [-0.1, -0.05) is 13.8 Å². The van der Waals surface area contributed by atoms with Crippen LogP contribution in [-0.2, 0) is 9.59 Å². The van der Waals surface area contributed by atoms with Crippen molar-refractivity contribution < 1.29 is 24.6 Å². The van der Waals surface area contributed by atoms with E-state index in [0.29, 0.717) is 6.54 Å². The van der Waals surface area contributed by atoms with E-state index < -0.39 is 24.0 Å². The summed E-state index contributed by atoms with van der Waals surface area (Å²) in [5.74, 6) is -2.06. The number of nitrogens with one attached hydrogen (secondary N) is 1. The summed E-state index contributed by atoms with van der Waals surface area (Å²) in [7, 11) is 0. The smallest absolute Gasteiger partial charge is 0.326 e. The molecule has 1 atom stereocenters. The number of aliphatic carboxylic acids is 2. The van der Waals surface area contributed by atoms with Crippen molar-refractivity contribution in [1.29, 1.82) is 0 Å². The molecular weight excluding hydrogens is 264 g/mol. The fourth-order valence-electron chi connectivity index (χ4n) is 1.68. The first-order chi connectivity index (χ1) is 9.15. The summed E-state index contributed by atoms with van der Waals surface area (Å²) in [6.07, 6.45) is -0.437. The average molecular weight is 288 g/mol. The lowest BCUT2D eigenvalue weighted by molar-refractivity contribution is -0.140. The quantitative estimate of drug-likeness (QED) is 0.625. The van der Waals surface area contributed by atoms with E-state index in [0.717, 1.165) is 0 Å². The SMILES string of the molecule is CC(C)CN(C(=O)N[C@@H](CCC(=O)O)C(=O)O)C(C)C. The predicted molar refractivity (Wildman–Crippen MR) is 73.5 cm³/mol. The topological polar surface area (TPSA) is 107 Å². The Morgan fingerprint density at radius 1 is 1.10 bits per heavy atom. The molecule has 0 aromatic carbocycles. The Hall–Kier alpha value is -1.79. The third kappa shape index (κ3) is 6.96. The van der Waals surface area contributed by atoms with Crippen molar-refractivity contribution in [1.82, 2.24) is 10.2 Å². The molecule has 0 saturated heterocycles. The van der Waals surface area contributed by atoms with Gasteiger partial charge in [0, 0.05) is 19.0 Å². The lowest BCUT2D eigenvalue weighted by Gasteiger charge is -2.30. The number of hydrogen-bond acceptors (Lipinski definition) is 3. The highest BCUT2D eigenvalue weighted by atomic mass is 16.4. The van der Waals surface area contributed by atoms with Gasteiger partial charge in [-0.2, -0.15) is 0 Å². The highest BCUT2D eigenvalue weighted by Crippen LogP contribution is 2.06. The molecule has 2 amide bonds. The molecule has 0 aliphatic rings. The maximum atomic E-state index is 12.1. The Bertz CT molecular complexity index is 355. The summed E-state index contributed by atoms with van der Waals surface area (Å²) in [5, 5.41) is 20.0. The zero-order valence-electron chi connectivity index (χ0n) is 12.4. The second-order valence-electron chi connectivity index (χ2n) is 5.41. The van der Waals surface area contributed by atoms with Gasteiger partial charge in [-0.25, -0.2) is 9.59 Å². The molecule has 0 aliphatic heterocycles. The van der Waals surface area contributed by atoms with E-state index in [1.165, 1.54) is 0 Å². The molecule has 0 fully saturated rings. The molecule has 0 bridgehead atoms. The number of carboxylic acids is 2. The Morgan fingerprint density at radius 2 is 1.65 bits per heavy atom. The van der Waals surface area contributed by atoms with E-state index in [4.69, 9.17) is 10.2 Å². The minimum Gasteiger partial charge on any atom is -0.481 e. The molecule has 116 valence electrons. The van der Waals surface area contributed by atoms with Gasteiger partial charge >= 0.3 is 18.0 Å². The molecule has 7 heteroatoms. The van der Waals surface area contributed by atoms with Gasteiger partial charge in [0.05, 0.1) is 0 Å². The van der Waals surface area contributed by atoms with Crippen LogP contribution in [0.2, 0.25) is 0 Å². The van der Waals surface area contributed by atoms with Gasteiger partial charge in [0.1, 0.15) is 6.04 Å². The minimum absolute atomic E-state index is 0.0636. The number of nitrogens with zero attached hydrogens (tertiary/aromatic N) is 1. The molecule has 0 aromatic heterocycles. The van der Waals surface area contributed by atoms with Crippen LogP contribution in [0.3, 0.4) is 0 Å². The number of hydrogen-bond donors (Lipinski definition) is 3. The molecule has 0 spiro atoms. The molecule has 0 radical (unpaired) electrons. The number of rotatable bonds is 8. The minimum atomic E-state index is -1.23. The van der Waals surface area contributed by atoms with Crippen molar-refractivity contribution in [2.75, 3.05) is 6.54 Å². The predicted octanol–water partition coefficient (Wildman–Crippen LogP) is 1.38. The van der Waals surface area contributed by atoms with Crippen molar-refractivity contribution in [3.8, 4) is 0 Å². The third-order valence-electron chi connectivity index (χ3n) is 2.69. The molecule has 0 heterocycles. The Morgan fingerprint density at radius 3 is 2.00 bits per heavy atom. The second kappa shape index (κ2) is 8.39. The first-order valence-corrected chi connectivity index (χ1v) is 6.66. The normalized spacial score (nSPS) is 12.3. The molecular formula is C13H24N2O5. The first kappa shape index (κ1) is 18.2. The van der Waals surface area contributed by atoms with Gasteiger partial charge < -0.3 is 20.4 Å². The fraction of sp³-hybridized carbons (Fsp3) is 0.769. The van der Waals surface area contributed by atoms with E-state index in [9.17, 15) is 14.4 Å². The van der Waals surface area contributed by atoms with Crippen LogP contribution in [0.25, 0.3) is 0 Å². The van der Waals surface area contributed by atoms with E-state index in [1.807, 2.05) is 27.7 Å². The van der Waals surface area contributed by atoms with E-state index in [1.54, 1.807) is 4.90 Å². The van der Waals surface area contributed by atoms with Crippen LogP contribution in [0.4, 0.5) is 4.79 Å². The van der Waals surface area contributed by atoms with Crippen LogP contribution >= 0.6 is 0 Å². The maximum Gasteiger partial charge on any atom is 0.326 e. The largest absolute Gasteiger partial charge is 0.481 e. The van der Waals surface area contributed by atoms with Crippen molar-refractivity contribution >= 4 is 18.0 Å². The lowest BCUT2D eigenvalue weighted by atomic mass is 10.1. The van der Waals surface area contributed by atoms with Gasteiger partial charge in [-0.05, 0) is 26.2 Å². The van der Waals surface area contributed by atoms with Crippen LogP contribution < -0.4 is 5.32 Å². The van der Waals surface area contributed by atoms with Crippen molar-refractivity contribution in [2.24, 2.45) is 5.92 Å². The number of carboxylic acid groups (broad SMARTS) is 2. The van der Waals surface area contributed by atoms with Crippen LogP contribution in [0.15, 0.2) is 0 Å². The average Bonchev–Trinajstić information content (AvgIpc) is 2.29. The zero-order valence-corrected chi connectivity index (χ0v) is 12.4. The number of amides is 2. The van der Waals surface area contributed by atoms with Crippen LogP contribution in [0, 0.1) is 5.92 Å². The Kier molecular flexibility index (Phi) is 7.64. The summed E-state index contributed by atoms with van der Waals surface area (Å²) in [5.41, 5.74) is 0. The highest BCUT2D eigenvalue weighted by molar-refractivity contribution is 5.83. The Labute approximate surface area is 119 Å². The molecule has 0 unspecified atom stereocenters. The number of carbonyl (C=O) groups excluding carboxylic acids is 1. The second-order valence-corrected chi connectivity index (χ2v) is 5.41. The van der Waals surface area contributed by atoms with Crippen LogP contribution in [-0.4, -0.2) is 51.7 Å². The summed E-state index contributed by atoms with van der Waals surface area (Å²) >= 11 is 0. The van der Waals surface area contributed by atoms with Gasteiger partial charge in [0.2, 0.25) is 0 Å². The number of carbonyl (C=O) groups is 3. The van der Waals surface area contributed by atoms with Crippen molar-refractivity contribution in [3.63, 3.8) is 0 Å². The lowest BCUT2D eigenvalue weighted by Crippen LogP contribution is -2.51. The van der Waals surface area contributed by atoms with E-state index >= 15 is 0 Å². The molecule has 3 N–H and O–H groups in total. The molecule has 0 aliphatic carbocycles. The highest BCUT2D eigenvalue weighted by Gasteiger charge is 2.25. The van der Waals surface area contributed by atoms with Gasteiger partial charge in [0.25, 0.3) is 0 Å². The van der Waals surface area contributed by atoms with Crippen LogP contribution in [0.1, 0.15) is 40.5 Å². The summed E-state index contributed by atoms with van der Waals surface area (Å²) in [6.45, 7) is 8.11. The monoisotopic (exact) mass is 288 g/mol. The molecule has 0 aromatic rings. The Balaban J connectivity index is 4.70. The number of urea groups is 1. The standard InChI is InChI=1S/C13H24N2O5/c1-8(2)7-15(9(3)4)13(20)14-10(12(18)19)5-6-11(16)17/h8-10H,5-7H2,1-4H3,(H,14,20)(H,16,17)(H,18,19)/t10-/m0/s1. The van der Waals surface area contributed by atoms with E-state index in [-0.39, 0.29) is 24.8 Å². The molecule has 0 rings (SSSR count).